The van der Waals surface area contributed by atoms with E-state index in [4.69, 9.17) is 4.74 Å². The summed E-state index contributed by atoms with van der Waals surface area (Å²) in [5.74, 6) is -1.10. The maximum absolute atomic E-state index is 13.5. The first-order valence-corrected chi connectivity index (χ1v) is 6.30. The van der Waals surface area contributed by atoms with E-state index in [1.165, 1.54) is 12.1 Å². The molecule has 1 aromatic carbocycles. The van der Waals surface area contributed by atoms with Crippen LogP contribution in [0.15, 0.2) is 18.2 Å². The maximum Gasteiger partial charge on any atom is 0.167 e. The Labute approximate surface area is 106 Å². The fraction of sp³-hybridized carbons (Fsp3) is 0.571. The quantitative estimate of drug-likeness (QED) is 0.892. The van der Waals surface area contributed by atoms with Gasteiger partial charge in [-0.1, -0.05) is 20.8 Å². The van der Waals surface area contributed by atoms with E-state index in [1.807, 2.05) is 0 Å². The second-order valence-corrected chi connectivity index (χ2v) is 5.35. The summed E-state index contributed by atoms with van der Waals surface area (Å²) in [5.41, 5.74) is -0.0448. The molecule has 18 heavy (non-hydrogen) atoms. The Morgan fingerprint density at radius 1 is 1.39 bits per heavy atom. The molecule has 1 aliphatic rings. The molecule has 0 bridgehead atoms. The Morgan fingerprint density at radius 2 is 2.11 bits per heavy atom. The van der Waals surface area contributed by atoms with E-state index < -0.39 is 11.6 Å². The standard InChI is InChI=1S/C14H19F2NO/c1-4-17-12-8-13(14(12,2)3)18-11-6-5-9(15)7-10(11)16/h5-7,12-13,17H,4,8H2,1-3H3. The fourth-order valence-corrected chi connectivity index (χ4v) is 2.40. The molecule has 2 rings (SSSR count). The van der Waals surface area contributed by atoms with Gasteiger partial charge < -0.3 is 10.1 Å². The van der Waals surface area contributed by atoms with Crippen molar-refractivity contribution < 1.29 is 13.5 Å². The molecule has 0 amide bonds. The minimum Gasteiger partial charge on any atom is -0.487 e. The van der Waals surface area contributed by atoms with E-state index in [-0.39, 0.29) is 17.3 Å². The van der Waals surface area contributed by atoms with Gasteiger partial charge in [0, 0.05) is 23.9 Å². The lowest BCUT2D eigenvalue weighted by atomic mass is 9.64. The fourth-order valence-electron chi connectivity index (χ4n) is 2.40. The zero-order chi connectivity index (χ0) is 13.3. The molecule has 0 aromatic heterocycles. The molecule has 2 nitrogen and oxygen atoms in total. The number of benzene rings is 1. The Hall–Kier alpha value is -1.16. The molecule has 1 fully saturated rings. The minimum absolute atomic E-state index is 0.0403. The summed E-state index contributed by atoms with van der Waals surface area (Å²) in [5, 5.41) is 3.38. The van der Waals surface area contributed by atoms with E-state index in [2.05, 4.69) is 26.1 Å². The Bertz CT molecular complexity index is 434. The average Bonchev–Trinajstić information content (AvgIpc) is 2.30. The summed E-state index contributed by atoms with van der Waals surface area (Å²) in [6, 6.07) is 3.80. The van der Waals surface area contributed by atoms with Crippen molar-refractivity contribution in [3.05, 3.63) is 29.8 Å². The largest absolute Gasteiger partial charge is 0.487 e. The van der Waals surface area contributed by atoms with Crippen molar-refractivity contribution in [1.29, 1.82) is 0 Å². The number of hydrogen-bond acceptors (Lipinski definition) is 2. The molecule has 100 valence electrons. The molecule has 1 aromatic rings. The topological polar surface area (TPSA) is 21.3 Å². The third-order valence-corrected chi connectivity index (χ3v) is 3.79. The molecule has 0 saturated heterocycles. The van der Waals surface area contributed by atoms with Gasteiger partial charge in [-0.3, -0.25) is 0 Å². The van der Waals surface area contributed by atoms with E-state index in [9.17, 15) is 8.78 Å². The highest BCUT2D eigenvalue weighted by Gasteiger charge is 2.49. The van der Waals surface area contributed by atoms with Crippen LogP contribution in [0.2, 0.25) is 0 Å². The SMILES string of the molecule is CCNC1CC(Oc2ccc(F)cc2F)C1(C)C. The third-order valence-electron chi connectivity index (χ3n) is 3.79. The highest BCUT2D eigenvalue weighted by Crippen LogP contribution is 2.43. The highest BCUT2D eigenvalue weighted by atomic mass is 19.1. The number of halogens is 2. The van der Waals surface area contributed by atoms with Gasteiger partial charge in [-0.25, -0.2) is 8.78 Å². The maximum atomic E-state index is 13.5. The molecule has 1 N–H and O–H groups in total. The van der Waals surface area contributed by atoms with Gasteiger partial charge in [-0.15, -0.1) is 0 Å². The Kier molecular flexibility index (Phi) is 3.57. The third kappa shape index (κ3) is 2.34. The van der Waals surface area contributed by atoms with E-state index in [1.54, 1.807) is 0 Å². The zero-order valence-corrected chi connectivity index (χ0v) is 11.0. The predicted molar refractivity (Wildman–Crippen MR) is 66.6 cm³/mol. The molecule has 2 unspecified atom stereocenters. The lowest BCUT2D eigenvalue weighted by molar-refractivity contribution is -0.0558. The lowest BCUT2D eigenvalue weighted by Gasteiger charge is -2.51. The van der Waals surface area contributed by atoms with Crippen LogP contribution < -0.4 is 10.1 Å². The second-order valence-electron chi connectivity index (χ2n) is 5.35. The second kappa shape index (κ2) is 4.84. The Balaban J connectivity index is 2.03. The molecule has 1 aliphatic carbocycles. The lowest BCUT2D eigenvalue weighted by Crippen LogP contribution is -2.62. The van der Waals surface area contributed by atoms with E-state index >= 15 is 0 Å². The van der Waals surface area contributed by atoms with Crippen LogP contribution in [0.1, 0.15) is 27.2 Å². The van der Waals surface area contributed by atoms with Crippen LogP contribution >= 0.6 is 0 Å². The van der Waals surface area contributed by atoms with Crippen molar-refractivity contribution in [3.63, 3.8) is 0 Å². The van der Waals surface area contributed by atoms with Crippen molar-refractivity contribution in [3.8, 4) is 5.75 Å². The average molecular weight is 255 g/mol. The first-order chi connectivity index (χ1) is 8.45. The molecule has 4 heteroatoms. The highest BCUT2D eigenvalue weighted by molar-refractivity contribution is 5.26. The van der Waals surface area contributed by atoms with Crippen molar-refractivity contribution in [2.45, 2.75) is 39.3 Å². The molecule has 0 spiro atoms. The van der Waals surface area contributed by atoms with Gasteiger partial charge >= 0.3 is 0 Å². The molecule has 0 heterocycles. The van der Waals surface area contributed by atoms with Crippen LogP contribution in [-0.4, -0.2) is 18.7 Å². The van der Waals surface area contributed by atoms with Gasteiger partial charge in [0.2, 0.25) is 0 Å². The van der Waals surface area contributed by atoms with Gasteiger partial charge in [0.25, 0.3) is 0 Å². The molecule has 0 radical (unpaired) electrons. The summed E-state index contributed by atoms with van der Waals surface area (Å²) in [7, 11) is 0. The van der Waals surface area contributed by atoms with E-state index in [0.29, 0.717) is 6.04 Å². The van der Waals surface area contributed by atoms with Crippen LogP contribution in [0.4, 0.5) is 8.78 Å². The number of hydrogen-bond donors (Lipinski definition) is 1. The van der Waals surface area contributed by atoms with Crippen molar-refractivity contribution in [2.75, 3.05) is 6.54 Å². The first kappa shape index (κ1) is 13.3. The summed E-state index contributed by atoms with van der Waals surface area (Å²) < 4.78 is 31.9. The Morgan fingerprint density at radius 3 is 2.67 bits per heavy atom. The zero-order valence-electron chi connectivity index (χ0n) is 11.0. The first-order valence-electron chi connectivity index (χ1n) is 6.30. The van der Waals surface area contributed by atoms with Crippen LogP contribution in [0.3, 0.4) is 0 Å². The number of rotatable bonds is 4. The van der Waals surface area contributed by atoms with Crippen LogP contribution in [0, 0.1) is 17.0 Å². The smallest absolute Gasteiger partial charge is 0.167 e. The normalized spacial score (nSPS) is 25.6. The van der Waals surface area contributed by atoms with Gasteiger partial charge in [-0.05, 0) is 18.7 Å². The molecule has 2 atom stereocenters. The summed E-state index contributed by atoms with van der Waals surface area (Å²) >= 11 is 0. The van der Waals surface area contributed by atoms with Crippen LogP contribution in [0.25, 0.3) is 0 Å². The van der Waals surface area contributed by atoms with Gasteiger partial charge in [0.05, 0.1) is 0 Å². The van der Waals surface area contributed by atoms with Crippen molar-refractivity contribution in [2.24, 2.45) is 5.41 Å². The molecular formula is C14H19F2NO. The molecule has 0 aliphatic heterocycles. The minimum atomic E-state index is -0.641. The summed E-state index contributed by atoms with van der Waals surface area (Å²) in [6.45, 7) is 7.15. The van der Waals surface area contributed by atoms with Gasteiger partial charge in [0.15, 0.2) is 11.6 Å². The number of ether oxygens (including phenoxy) is 1. The van der Waals surface area contributed by atoms with E-state index in [0.717, 1.165) is 19.0 Å². The predicted octanol–water partition coefficient (Wildman–Crippen LogP) is 3.12. The van der Waals surface area contributed by atoms with Crippen LogP contribution in [-0.2, 0) is 0 Å². The van der Waals surface area contributed by atoms with Crippen LogP contribution in [0.5, 0.6) is 5.75 Å². The van der Waals surface area contributed by atoms with Gasteiger partial charge in [0.1, 0.15) is 11.9 Å². The van der Waals surface area contributed by atoms with Crippen molar-refractivity contribution in [1.82, 2.24) is 5.32 Å². The summed E-state index contributed by atoms with van der Waals surface area (Å²) in [6.07, 6.45) is 0.805. The molecular weight excluding hydrogens is 236 g/mol. The monoisotopic (exact) mass is 255 g/mol. The molecule has 1 saturated carbocycles. The van der Waals surface area contributed by atoms with Crippen molar-refractivity contribution >= 4 is 0 Å². The number of nitrogens with one attached hydrogen (secondary N) is 1. The summed E-state index contributed by atoms with van der Waals surface area (Å²) in [4.78, 5) is 0. The van der Waals surface area contributed by atoms with Gasteiger partial charge in [-0.2, -0.15) is 0 Å².